The van der Waals surface area contributed by atoms with Gasteiger partial charge >= 0.3 is 5.97 Å². The van der Waals surface area contributed by atoms with Crippen molar-refractivity contribution in [3.8, 4) is 0 Å². The van der Waals surface area contributed by atoms with Gasteiger partial charge in [-0.2, -0.15) is 0 Å². The molecule has 0 spiro atoms. The molecule has 4 rings (SSSR count). The Morgan fingerprint density at radius 3 is 2.44 bits per heavy atom. The number of aryl methyl sites for hydroxylation is 1. The second kappa shape index (κ2) is 6.02. The highest BCUT2D eigenvalue weighted by molar-refractivity contribution is 6.05. The van der Waals surface area contributed by atoms with Gasteiger partial charge in [-0.1, -0.05) is 48.0 Å². The molecule has 2 nitrogen and oxygen atoms in total. The minimum absolute atomic E-state index is 0.307. The fourth-order valence-electron chi connectivity index (χ4n) is 2.89. The molecule has 0 amide bonds. The molecule has 0 radical (unpaired) electrons. The first kappa shape index (κ1) is 15.3. The van der Waals surface area contributed by atoms with Crippen LogP contribution in [-0.2, 0) is 9.53 Å². The fraction of sp³-hybridized carbons (Fsp3) is 0.0455. The maximum Gasteiger partial charge on any atom is 0.343 e. The Kier molecular flexibility index (Phi) is 3.69. The van der Waals surface area contributed by atoms with Crippen molar-refractivity contribution in [2.75, 3.05) is 0 Å². The number of hydrogen-bond donors (Lipinski definition) is 0. The molecule has 0 aromatic heterocycles. The molecule has 0 unspecified atom stereocenters. The second-order valence-electron chi connectivity index (χ2n) is 6.11. The summed E-state index contributed by atoms with van der Waals surface area (Å²) in [7, 11) is 0. The van der Waals surface area contributed by atoms with E-state index in [0.29, 0.717) is 11.3 Å². The third-order valence-corrected chi connectivity index (χ3v) is 4.20. The van der Waals surface area contributed by atoms with Gasteiger partial charge in [0, 0.05) is 5.56 Å². The van der Waals surface area contributed by atoms with Crippen LogP contribution in [0.5, 0.6) is 0 Å². The first-order chi connectivity index (χ1) is 12.1. The summed E-state index contributed by atoms with van der Waals surface area (Å²) in [5, 5.41) is 2.24. The quantitative estimate of drug-likeness (QED) is 0.473. The maximum atomic E-state index is 13.0. The zero-order valence-corrected chi connectivity index (χ0v) is 13.6. The molecule has 3 aromatic carbocycles. The Bertz CT molecular complexity index is 1040. The topological polar surface area (TPSA) is 26.3 Å². The van der Waals surface area contributed by atoms with Crippen molar-refractivity contribution in [1.29, 1.82) is 0 Å². The normalized spacial score (nSPS) is 15.5. The van der Waals surface area contributed by atoms with E-state index in [-0.39, 0.29) is 5.82 Å². The van der Waals surface area contributed by atoms with Crippen LogP contribution in [0.25, 0.3) is 22.6 Å². The Hall–Kier alpha value is -3.20. The van der Waals surface area contributed by atoms with Gasteiger partial charge in [-0.3, -0.25) is 0 Å². The molecule has 122 valence electrons. The SMILES string of the molecule is Cc1ccc2cc(C3=C/C(=C/c4ccc(F)cc4)C(=O)O3)ccc2c1. The monoisotopic (exact) mass is 330 g/mol. The zero-order chi connectivity index (χ0) is 17.4. The van der Waals surface area contributed by atoms with E-state index in [1.807, 2.05) is 18.2 Å². The summed E-state index contributed by atoms with van der Waals surface area (Å²) < 4.78 is 18.4. The van der Waals surface area contributed by atoms with Crippen molar-refractivity contribution in [3.63, 3.8) is 0 Å². The van der Waals surface area contributed by atoms with Crippen molar-refractivity contribution >= 4 is 28.6 Å². The molecule has 1 aliphatic heterocycles. The molecule has 1 heterocycles. The average Bonchev–Trinajstić information content (AvgIpc) is 2.97. The molecule has 0 saturated heterocycles. The van der Waals surface area contributed by atoms with Gasteiger partial charge in [-0.15, -0.1) is 0 Å². The van der Waals surface area contributed by atoms with Gasteiger partial charge in [0.2, 0.25) is 0 Å². The molecule has 0 atom stereocenters. The van der Waals surface area contributed by atoms with E-state index in [2.05, 4.69) is 25.1 Å². The molecule has 0 fully saturated rings. The number of rotatable bonds is 2. The Morgan fingerprint density at radius 1 is 0.920 bits per heavy atom. The summed E-state index contributed by atoms with van der Waals surface area (Å²) in [5.41, 5.74) is 3.26. The summed E-state index contributed by atoms with van der Waals surface area (Å²) in [6.07, 6.45) is 3.42. The van der Waals surface area contributed by atoms with Crippen LogP contribution in [0.3, 0.4) is 0 Å². The average molecular weight is 330 g/mol. The fourth-order valence-corrected chi connectivity index (χ4v) is 2.89. The maximum absolute atomic E-state index is 13.0. The van der Waals surface area contributed by atoms with E-state index >= 15 is 0 Å². The lowest BCUT2D eigenvalue weighted by Crippen LogP contribution is -1.97. The number of cyclic esters (lactones) is 1. The third kappa shape index (κ3) is 3.09. The smallest absolute Gasteiger partial charge is 0.343 e. The largest absolute Gasteiger partial charge is 0.422 e. The van der Waals surface area contributed by atoms with Crippen LogP contribution in [-0.4, -0.2) is 5.97 Å². The van der Waals surface area contributed by atoms with Crippen LogP contribution in [0.1, 0.15) is 16.7 Å². The number of esters is 1. The molecule has 0 bridgehead atoms. The number of carbonyl (C=O) groups is 1. The van der Waals surface area contributed by atoms with Crippen LogP contribution in [0, 0.1) is 12.7 Å². The van der Waals surface area contributed by atoms with Crippen LogP contribution in [0.15, 0.2) is 72.3 Å². The summed E-state index contributed by atoms with van der Waals surface area (Å²) in [5.74, 6) is -0.178. The number of hydrogen-bond acceptors (Lipinski definition) is 2. The molecule has 0 N–H and O–H groups in total. The number of carbonyl (C=O) groups excluding carboxylic acids is 1. The van der Waals surface area contributed by atoms with E-state index in [0.717, 1.165) is 21.9 Å². The van der Waals surface area contributed by atoms with Gasteiger partial charge in [-0.25, -0.2) is 9.18 Å². The second-order valence-corrected chi connectivity index (χ2v) is 6.11. The predicted octanol–water partition coefficient (Wildman–Crippen LogP) is 5.27. The molecular weight excluding hydrogens is 315 g/mol. The zero-order valence-electron chi connectivity index (χ0n) is 13.6. The molecule has 3 aromatic rings. The standard InChI is InChI=1S/C22H15FO2/c1-14-2-5-17-12-18(7-6-16(17)10-14)21-13-19(22(24)25-21)11-15-3-8-20(23)9-4-15/h2-13H,1H3/b19-11-. The highest BCUT2D eigenvalue weighted by Gasteiger charge is 2.22. The van der Waals surface area contributed by atoms with E-state index < -0.39 is 5.97 Å². The molecule has 25 heavy (non-hydrogen) atoms. The predicted molar refractivity (Wildman–Crippen MR) is 97.1 cm³/mol. The van der Waals surface area contributed by atoms with Gasteiger partial charge in [-0.05, 0) is 53.6 Å². The lowest BCUT2D eigenvalue weighted by atomic mass is 10.0. The van der Waals surface area contributed by atoms with Crippen molar-refractivity contribution in [3.05, 3.63) is 94.8 Å². The van der Waals surface area contributed by atoms with Gasteiger partial charge < -0.3 is 4.74 Å². The molecular formula is C22H15FO2. The minimum atomic E-state index is -0.400. The number of benzene rings is 3. The molecule has 0 aliphatic carbocycles. The highest BCUT2D eigenvalue weighted by Crippen LogP contribution is 2.29. The lowest BCUT2D eigenvalue weighted by Gasteiger charge is -2.05. The van der Waals surface area contributed by atoms with Crippen LogP contribution < -0.4 is 0 Å². The number of ether oxygens (including phenoxy) is 1. The van der Waals surface area contributed by atoms with E-state index in [4.69, 9.17) is 4.74 Å². The van der Waals surface area contributed by atoms with Crippen molar-refractivity contribution in [2.45, 2.75) is 6.92 Å². The number of fused-ring (bicyclic) bond motifs is 1. The Balaban J connectivity index is 1.70. The van der Waals surface area contributed by atoms with Crippen molar-refractivity contribution < 1.29 is 13.9 Å². The van der Waals surface area contributed by atoms with E-state index in [9.17, 15) is 9.18 Å². The van der Waals surface area contributed by atoms with Gasteiger partial charge in [0.25, 0.3) is 0 Å². The van der Waals surface area contributed by atoms with Crippen LogP contribution >= 0.6 is 0 Å². The first-order valence-corrected chi connectivity index (χ1v) is 8.00. The third-order valence-electron chi connectivity index (χ3n) is 4.20. The summed E-state index contributed by atoms with van der Waals surface area (Å²) in [4.78, 5) is 12.1. The summed E-state index contributed by atoms with van der Waals surface area (Å²) in [6, 6.07) is 18.2. The minimum Gasteiger partial charge on any atom is -0.422 e. The van der Waals surface area contributed by atoms with Crippen LogP contribution in [0.2, 0.25) is 0 Å². The van der Waals surface area contributed by atoms with Crippen molar-refractivity contribution in [1.82, 2.24) is 0 Å². The molecule has 3 heteroatoms. The van der Waals surface area contributed by atoms with E-state index in [1.165, 1.54) is 17.7 Å². The highest BCUT2D eigenvalue weighted by atomic mass is 19.1. The lowest BCUT2D eigenvalue weighted by molar-refractivity contribution is -0.130. The first-order valence-electron chi connectivity index (χ1n) is 8.00. The summed E-state index contributed by atoms with van der Waals surface area (Å²) >= 11 is 0. The molecule has 1 aliphatic rings. The van der Waals surface area contributed by atoms with Gasteiger partial charge in [0.1, 0.15) is 11.6 Å². The van der Waals surface area contributed by atoms with Gasteiger partial charge in [0.15, 0.2) is 0 Å². The van der Waals surface area contributed by atoms with Gasteiger partial charge in [0.05, 0.1) is 5.57 Å². The van der Waals surface area contributed by atoms with E-state index in [1.54, 1.807) is 24.3 Å². The Morgan fingerprint density at radius 2 is 1.64 bits per heavy atom. The Labute approximate surface area is 144 Å². The number of halogens is 1. The summed E-state index contributed by atoms with van der Waals surface area (Å²) in [6.45, 7) is 2.06. The molecule has 0 saturated carbocycles. The van der Waals surface area contributed by atoms with Crippen molar-refractivity contribution in [2.24, 2.45) is 0 Å². The van der Waals surface area contributed by atoms with Crippen LogP contribution in [0.4, 0.5) is 4.39 Å².